The summed E-state index contributed by atoms with van der Waals surface area (Å²) < 4.78 is 0. The Kier molecular flexibility index (Phi) is 3.70. The molecule has 0 spiro atoms. The molecule has 0 radical (unpaired) electrons. The van der Waals surface area contributed by atoms with Gasteiger partial charge in [-0.3, -0.25) is 4.79 Å². The summed E-state index contributed by atoms with van der Waals surface area (Å²) in [6.07, 6.45) is 5.48. The molecule has 1 aromatic rings. The lowest BCUT2D eigenvalue weighted by atomic mass is 10.0. The lowest BCUT2D eigenvalue weighted by molar-refractivity contribution is -0.120. The molecule has 20 heavy (non-hydrogen) atoms. The van der Waals surface area contributed by atoms with Gasteiger partial charge in [-0.1, -0.05) is 11.8 Å². The normalized spacial score (nSPS) is 26.4. The Morgan fingerprint density at radius 2 is 2.20 bits per heavy atom. The van der Waals surface area contributed by atoms with Gasteiger partial charge in [-0.2, -0.15) is 0 Å². The molecule has 1 amide bonds. The van der Waals surface area contributed by atoms with Crippen molar-refractivity contribution in [3.63, 3.8) is 0 Å². The smallest absolute Gasteiger partial charge is 0.228 e. The van der Waals surface area contributed by atoms with Crippen molar-refractivity contribution in [2.45, 2.75) is 25.7 Å². The topological polar surface area (TPSA) is 62.2 Å². The highest BCUT2D eigenvalue weighted by molar-refractivity contribution is 5.92. The second kappa shape index (κ2) is 5.64. The van der Waals surface area contributed by atoms with Crippen molar-refractivity contribution >= 4 is 11.7 Å². The molecule has 0 bridgehead atoms. The van der Waals surface area contributed by atoms with E-state index in [-0.39, 0.29) is 18.4 Å². The van der Waals surface area contributed by atoms with Gasteiger partial charge in [-0.05, 0) is 43.2 Å². The van der Waals surface area contributed by atoms with E-state index >= 15 is 0 Å². The molecule has 0 aliphatic heterocycles. The van der Waals surface area contributed by atoms with Gasteiger partial charge in [0.05, 0.1) is 6.61 Å². The molecule has 2 aliphatic rings. The predicted octanol–water partition coefficient (Wildman–Crippen LogP) is 1.80. The third-order valence-corrected chi connectivity index (χ3v) is 4.10. The molecule has 2 atom stereocenters. The molecule has 2 unspecified atom stereocenters. The first kappa shape index (κ1) is 13.1. The van der Waals surface area contributed by atoms with E-state index in [1.165, 1.54) is 6.42 Å². The molecule has 2 aliphatic carbocycles. The van der Waals surface area contributed by atoms with Crippen LogP contribution in [-0.4, -0.2) is 22.6 Å². The fourth-order valence-electron chi connectivity index (χ4n) is 2.95. The molecule has 1 aromatic heterocycles. The zero-order valence-electron chi connectivity index (χ0n) is 11.3. The number of amides is 1. The predicted molar refractivity (Wildman–Crippen MR) is 75.8 cm³/mol. The zero-order valence-corrected chi connectivity index (χ0v) is 11.3. The Morgan fingerprint density at radius 1 is 1.40 bits per heavy atom. The van der Waals surface area contributed by atoms with E-state index in [2.05, 4.69) is 22.1 Å². The Bertz CT molecular complexity index is 563. The van der Waals surface area contributed by atoms with Gasteiger partial charge in [-0.15, -0.1) is 0 Å². The molecule has 0 saturated heterocycles. The van der Waals surface area contributed by atoms with Crippen LogP contribution in [0.25, 0.3) is 0 Å². The van der Waals surface area contributed by atoms with Gasteiger partial charge in [0.1, 0.15) is 5.82 Å². The van der Waals surface area contributed by atoms with Crippen LogP contribution in [0, 0.1) is 29.6 Å². The highest BCUT2D eigenvalue weighted by atomic mass is 16.2. The van der Waals surface area contributed by atoms with E-state index in [0.717, 1.165) is 30.2 Å². The second-order valence-electron chi connectivity index (χ2n) is 5.62. The SMILES string of the molecule is O=C(Nc1cc(C#CCCO)ccn1)C1CC2CC2C1. The molecule has 4 heteroatoms. The number of aliphatic hydroxyl groups is 1. The van der Waals surface area contributed by atoms with Crippen molar-refractivity contribution in [1.82, 2.24) is 4.98 Å². The zero-order chi connectivity index (χ0) is 13.9. The highest BCUT2D eigenvalue weighted by Gasteiger charge is 2.47. The lowest BCUT2D eigenvalue weighted by Crippen LogP contribution is -2.22. The van der Waals surface area contributed by atoms with E-state index in [1.807, 2.05) is 0 Å². The molecule has 2 fully saturated rings. The number of aliphatic hydroxyl groups excluding tert-OH is 1. The van der Waals surface area contributed by atoms with Gasteiger partial charge in [0.2, 0.25) is 5.91 Å². The molecular formula is C16H18N2O2. The molecular weight excluding hydrogens is 252 g/mol. The number of carbonyl (C=O) groups is 1. The van der Waals surface area contributed by atoms with E-state index in [4.69, 9.17) is 5.11 Å². The van der Waals surface area contributed by atoms with Crippen LogP contribution in [0.1, 0.15) is 31.2 Å². The van der Waals surface area contributed by atoms with Crippen molar-refractivity contribution < 1.29 is 9.90 Å². The lowest BCUT2D eigenvalue weighted by Gasteiger charge is -2.11. The fraction of sp³-hybridized carbons (Fsp3) is 0.500. The van der Waals surface area contributed by atoms with Crippen LogP contribution >= 0.6 is 0 Å². The maximum absolute atomic E-state index is 12.1. The number of nitrogens with one attached hydrogen (secondary N) is 1. The van der Waals surface area contributed by atoms with Gasteiger partial charge in [0, 0.05) is 24.1 Å². The number of hydrogen-bond donors (Lipinski definition) is 2. The van der Waals surface area contributed by atoms with Gasteiger partial charge in [-0.25, -0.2) is 4.98 Å². The molecule has 3 rings (SSSR count). The number of nitrogens with zero attached hydrogens (tertiary/aromatic N) is 1. The minimum absolute atomic E-state index is 0.0612. The first-order valence-electron chi connectivity index (χ1n) is 7.13. The first-order valence-corrected chi connectivity index (χ1v) is 7.13. The van der Waals surface area contributed by atoms with E-state index in [9.17, 15) is 4.79 Å². The standard InChI is InChI=1S/C16H18N2O2/c19-6-2-1-3-11-4-5-17-15(7-11)18-16(20)14-9-12-8-13(12)10-14/h4-5,7,12-14,19H,2,6,8-10H2,(H,17,18,20). The van der Waals surface area contributed by atoms with Crippen LogP contribution < -0.4 is 5.32 Å². The van der Waals surface area contributed by atoms with Crippen LogP contribution in [0.4, 0.5) is 5.82 Å². The average Bonchev–Trinajstić information content (AvgIpc) is 3.06. The largest absolute Gasteiger partial charge is 0.395 e. The number of carbonyl (C=O) groups excluding carboxylic acids is 1. The number of aromatic nitrogens is 1. The number of fused-ring (bicyclic) bond motifs is 1. The van der Waals surface area contributed by atoms with Gasteiger partial charge in [0.25, 0.3) is 0 Å². The Balaban J connectivity index is 1.61. The monoisotopic (exact) mass is 270 g/mol. The Morgan fingerprint density at radius 3 is 2.95 bits per heavy atom. The minimum Gasteiger partial charge on any atom is -0.395 e. The molecule has 1 heterocycles. The quantitative estimate of drug-likeness (QED) is 0.823. The summed E-state index contributed by atoms with van der Waals surface area (Å²) in [6, 6.07) is 3.57. The summed E-state index contributed by atoms with van der Waals surface area (Å²) in [5.41, 5.74) is 0.804. The van der Waals surface area contributed by atoms with Crippen molar-refractivity contribution in [1.29, 1.82) is 0 Å². The average molecular weight is 270 g/mol. The van der Waals surface area contributed by atoms with Gasteiger partial charge < -0.3 is 10.4 Å². The summed E-state index contributed by atoms with van der Waals surface area (Å²) in [7, 11) is 0. The van der Waals surface area contributed by atoms with E-state index in [0.29, 0.717) is 12.2 Å². The molecule has 104 valence electrons. The third-order valence-electron chi connectivity index (χ3n) is 4.10. The summed E-state index contributed by atoms with van der Waals surface area (Å²) in [6.45, 7) is 0.0612. The number of hydrogen-bond acceptors (Lipinski definition) is 3. The highest BCUT2D eigenvalue weighted by Crippen LogP contribution is 2.54. The van der Waals surface area contributed by atoms with E-state index < -0.39 is 0 Å². The second-order valence-corrected chi connectivity index (χ2v) is 5.62. The summed E-state index contributed by atoms with van der Waals surface area (Å²) in [5, 5.41) is 11.6. The van der Waals surface area contributed by atoms with Crippen molar-refractivity contribution in [2.75, 3.05) is 11.9 Å². The fourth-order valence-corrected chi connectivity index (χ4v) is 2.95. The van der Waals surface area contributed by atoms with Gasteiger partial charge >= 0.3 is 0 Å². The van der Waals surface area contributed by atoms with Crippen LogP contribution in [0.5, 0.6) is 0 Å². The van der Waals surface area contributed by atoms with Crippen molar-refractivity contribution in [2.24, 2.45) is 17.8 Å². The van der Waals surface area contributed by atoms with Crippen molar-refractivity contribution in [3.05, 3.63) is 23.9 Å². The first-order chi connectivity index (χ1) is 9.76. The Hall–Kier alpha value is -1.86. The molecule has 0 aromatic carbocycles. The van der Waals surface area contributed by atoms with Crippen LogP contribution in [-0.2, 0) is 4.79 Å². The van der Waals surface area contributed by atoms with E-state index in [1.54, 1.807) is 18.3 Å². The summed E-state index contributed by atoms with van der Waals surface area (Å²) >= 11 is 0. The van der Waals surface area contributed by atoms with Crippen LogP contribution in [0.2, 0.25) is 0 Å². The molecule has 2 N–H and O–H groups in total. The van der Waals surface area contributed by atoms with Crippen LogP contribution in [0.15, 0.2) is 18.3 Å². The summed E-state index contributed by atoms with van der Waals surface area (Å²) in [5.74, 6) is 8.21. The number of anilines is 1. The van der Waals surface area contributed by atoms with Gasteiger partial charge in [0.15, 0.2) is 0 Å². The maximum Gasteiger partial charge on any atom is 0.228 e. The number of pyridine rings is 1. The third kappa shape index (κ3) is 3.00. The molecule has 2 saturated carbocycles. The number of rotatable bonds is 3. The minimum atomic E-state index is 0.0612. The molecule has 4 nitrogen and oxygen atoms in total. The van der Waals surface area contributed by atoms with Crippen molar-refractivity contribution in [3.8, 4) is 11.8 Å². The maximum atomic E-state index is 12.1. The Labute approximate surface area is 118 Å². The summed E-state index contributed by atoms with van der Waals surface area (Å²) in [4.78, 5) is 16.3. The van der Waals surface area contributed by atoms with Crippen LogP contribution in [0.3, 0.4) is 0 Å².